The molecule has 0 bridgehead atoms. The Morgan fingerprint density at radius 3 is 2.65 bits per heavy atom. The summed E-state index contributed by atoms with van der Waals surface area (Å²) in [4.78, 5) is 11.7. The number of furan rings is 1. The van der Waals surface area contributed by atoms with Crippen LogP contribution in [0.15, 0.2) is 39.9 Å². The minimum absolute atomic E-state index is 0.190. The van der Waals surface area contributed by atoms with Crippen LogP contribution in [0.3, 0.4) is 0 Å². The van der Waals surface area contributed by atoms with Crippen LogP contribution in [0.5, 0.6) is 0 Å². The number of nitrogens with one attached hydrogen (secondary N) is 1. The molecule has 0 fully saturated rings. The Balaban J connectivity index is 1.96. The Labute approximate surface area is 131 Å². The lowest BCUT2D eigenvalue weighted by Crippen LogP contribution is -2.20. The topological polar surface area (TPSA) is 54.6 Å². The monoisotopic (exact) mass is 324 g/mol. The van der Waals surface area contributed by atoms with Crippen molar-refractivity contribution in [3.63, 3.8) is 0 Å². The molecule has 122 valence electrons. The molecule has 2 rings (SSSR count). The first-order valence-electron chi connectivity index (χ1n) is 6.81. The van der Waals surface area contributed by atoms with Gasteiger partial charge in [0.15, 0.2) is 0 Å². The molecule has 0 aliphatic rings. The van der Waals surface area contributed by atoms with Crippen LogP contribution in [-0.4, -0.2) is 12.1 Å². The highest BCUT2D eigenvalue weighted by molar-refractivity contribution is 5.84. The van der Waals surface area contributed by atoms with Gasteiger partial charge in [-0.2, -0.15) is 18.3 Å². The Hall–Kier alpha value is -2.57. The number of aryl methyl sites for hydroxylation is 2. The molecule has 0 atom stereocenters. The van der Waals surface area contributed by atoms with E-state index in [4.69, 9.17) is 4.42 Å². The van der Waals surface area contributed by atoms with E-state index in [0.717, 1.165) is 23.5 Å². The lowest BCUT2D eigenvalue weighted by Gasteiger charge is -2.08. The molecule has 4 nitrogen and oxygen atoms in total. The number of hydrogen-bond donors (Lipinski definition) is 1. The van der Waals surface area contributed by atoms with Gasteiger partial charge in [0, 0.05) is 5.56 Å². The van der Waals surface area contributed by atoms with E-state index in [0.29, 0.717) is 5.76 Å². The molecule has 0 saturated carbocycles. The molecule has 0 spiro atoms. The van der Waals surface area contributed by atoms with Crippen molar-refractivity contribution in [2.45, 2.75) is 26.4 Å². The maximum atomic E-state index is 12.6. The summed E-state index contributed by atoms with van der Waals surface area (Å²) in [5.74, 6) is 0.885. The van der Waals surface area contributed by atoms with E-state index < -0.39 is 17.6 Å². The molecule has 1 N–H and O–H groups in total. The van der Waals surface area contributed by atoms with Crippen LogP contribution in [0, 0.1) is 13.8 Å². The van der Waals surface area contributed by atoms with Crippen molar-refractivity contribution in [3.8, 4) is 0 Å². The van der Waals surface area contributed by atoms with Crippen molar-refractivity contribution in [1.29, 1.82) is 0 Å². The van der Waals surface area contributed by atoms with Gasteiger partial charge in [-0.25, -0.2) is 5.43 Å². The van der Waals surface area contributed by atoms with Crippen molar-refractivity contribution in [2.75, 3.05) is 0 Å². The predicted molar refractivity (Wildman–Crippen MR) is 79.1 cm³/mol. The van der Waals surface area contributed by atoms with Gasteiger partial charge >= 0.3 is 6.18 Å². The zero-order valence-corrected chi connectivity index (χ0v) is 12.6. The second-order valence-electron chi connectivity index (χ2n) is 5.04. The number of hydrazone groups is 1. The van der Waals surface area contributed by atoms with Gasteiger partial charge < -0.3 is 4.42 Å². The van der Waals surface area contributed by atoms with Gasteiger partial charge in [-0.3, -0.25) is 4.79 Å². The lowest BCUT2D eigenvalue weighted by atomic mass is 10.1. The molecule has 7 heteroatoms. The Kier molecular flexibility index (Phi) is 4.88. The fourth-order valence-corrected chi connectivity index (χ4v) is 2.04. The number of benzene rings is 1. The van der Waals surface area contributed by atoms with Gasteiger partial charge in [-0.15, -0.1) is 0 Å². The SMILES string of the molecule is Cc1cc(/C=N\NC(=O)Cc2cccc(C(F)(F)F)c2)c(C)o1. The fraction of sp³-hybridized carbons (Fsp3) is 0.250. The molecule has 0 unspecified atom stereocenters. The van der Waals surface area contributed by atoms with E-state index in [1.807, 2.05) is 0 Å². The molecule has 0 aliphatic carbocycles. The first-order valence-corrected chi connectivity index (χ1v) is 6.81. The zero-order chi connectivity index (χ0) is 17.0. The molecule has 1 amide bonds. The molecule has 23 heavy (non-hydrogen) atoms. The van der Waals surface area contributed by atoms with E-state index in [1.54, 1.807) is 19.9 Å². The number of rotatable bonds is 4. The number of carbonyl (C=O) groups excluding carboxylic acids is 1. The van der Waals surface area contributed by atoms with E-state index in [2.05, 4.69) is 10.5 Å². The number of amides is 1. The number of carbonyl (C=O) groups is 1. The van der Waals surface area contributed by atoms with Crippen LogP contribution < -0.4 is 5.43 Å². The third-order valence-corrected chi connectivity index (χ3v) is 3.09. The summed E-state index contributed by atoms with van der Waals surface area (Å²) in [6.45, 7) is 3.55. The second kappa shape index (κ2) is 6.68. The maximum Gasteiger partial charge on any atom is 0.416 e. The quantitative estimate of drug-likeness (QED) is 0.690. The minimum Gasteiger partial charge on any atom is -0.466 e. The maximum absolute atomic E-state index is 12.6. The third-order valence-electron chi connectivity index (χ3n) is 3.09. The molecule has 0 radical (unpaired) electrons. The van der Waals surface area contributed by atoms with Gasteiger partial charge in [0.25, 0.3) is 0 Å². The van der Waals surface area contributed by atoms with Gasteiger partial charge in [-0.1, -0.05) is 18.2 Å². The van der Waals surface area contributed by atoms with Crippen molar-refractivity contribution < 1.29 is 22.4 Å². The van der Waals surface area contributed by atoms with Gasteiger partial charge in [0.05, 0.1) is 18.2 Å². The van der Waals surface area contributed by atoms with Crippen molar-refractivity contribution >= 4 is 12.1 Å². The van der Waals surface area contributed by atoms with Crippen molar-refractivity contribution in [2.24, 2.45) is 5.10 Å². The summed E-state index contributed by atoms with van der Waals surface area (Å²) in [6, 6.07) is 6.41. The summed E-state index contributed by atoms with van der Waals surface area (Å²) in [5.41, 5.74) is 2.49. The van der Waals surface area contributed by atoms with Crippen LogP contribution in [0.1, 0.15) is 28.2 Å². The first kappa shape index (κ1) is 16.8. The highest BCUT2D eigenvalue weighted by atomic mass is 19.4. The van der Waals surface area contributed by atoms with Gasteiger partial charge in [-0.05, 0) is 31.5 Å². The van der Waals surface area contributed by atoms with E-state index in [9.17, 15) is 18.0 Å². The standard InChI is InChI=1S/C16H15F3N2O2/c1-10-6-13(11(2)23-10)9-20-21-15(22)8-12-4-3-5-14(7-12)16(17,18)19/h3-7,9H,8H2,1-2H3,(H,21,22)/b20-9-. The zero-order valence-electron chi connectivity index (χ0n) is 12.6. The largest absolute Gasteiger partial charge is 0.466 e. The van der Waals surface area contributed by atoms with Crippen LogP contribution in [0.25, 0.3) is 0 Å². The Morgan fingerprint density at radius 1 is 1.30 bits per heavy atom. The summed E-state index contributed by atoms with van der Waals surface area (Å²) >= 11 is 0. The molecule has 1 aromatic carbocycles. The number of nitrogens with zero attached hydrogens (tertiary/aromatic N) is 1. The average molecular weight is 324 g/mol. The van der Waals surface area contributed by atoms with Crippen LogP contribution in [-0.2, 0) is 17.4 Å². The molecular weight excluding hydrogens is 309 g/mol. The fourth-order valence-electron chi connectivity index (χ4n) is 2.04. The molecule has 1 aromatic heterocycles. The highest BCUT2D eigenvalue weighted by Gasteiger charge is 2.30. The number of halogens is 3. The predicted octanol–water partition coefficient (Wildman–Crippen LogP) is 3.61. The molecule has 0 saturated heterocycles. The molecule has 1 heterocycles. The van der Waals surface area contributed by atoms with Crippen molar-refractivity contribution in [3.05, 3.63) is 58.5 Å². The highest BCUT2D eigenvalue weighted by Crippen LogP contribution is 2.29. The summed E-state index contributed by atoms with van der Waals surface area (Å²) in [7, 11) is 0. The van der Waals surface area contributed by atoms with Crippen LogP contribution in [0.4, 0.5) is 13.2 Å². The van der Waals surface area contributed by atoms with Gasteiger partial charge in [0.2, 0.25) is 5.91 Å². The van der Waals surface area contributed by atoms with E-state index >= 15 is 0 Å². The number of hydrogen-bond acceptors (Lipinski definition) is 3. The molecular formula is C16H15F3N2O2. The number of alkyl halides is 3. The third kappa shape index (κ3) is 4.70. The van der Waals surface area contributed by atoms with E-state index in [1.165, 1.54) is 18.3 Å². The molecule has 2 aromatic rings. The molecule has 0 aliphatic heterocycles. The normalized spacial score (nSPS) is 11.9. The average Bonchev–Trinajstić information content (AvgIpc) is 2.76. The van der Waals surface area contributed by atoms with E-state index in [-0.39, 0.29) is 12.0 Å². The minimum atomic E-state index is -4.43. The Morgan fingerprint density at radius 2 is 2.04 bits per heavy atom. The summed E-state index contributed by atoms with van der Waals surface area (Å²) in [6.07, 6.45) is -3.19. The van der Waals surface area contributed by atoms with Crippen LogP contribution >= 0.6 is 0 Å². The lowest BCUT2D eigenvalue weighted by molar-refractivity contribution is -0.137. The summed E-state index contributed by atoms with van der Waals surface area (Å²) in [5, 5.41) is 3.78. The van der Waals surface area contributed by atoms with Crippen LogP contribution in [0.2, 0.25) is 0 Å². The van der Waals surface area contributed by atoms with Crippen molar-refractivity contribution in [1.82, 2.24) is 5.43 Å². The summed E-state index contributed by atoms with van der Waals surface area (Å²) < 4.78 is 43.1. The smallest absolute Gasteiger partial charge is 0.416 e. The second-order valence-corrected chi connectivity index (χ2v) is 5.04. The van der Waals surface area contributed by atoms with Gasteiger partial charge in [0.1, 0.15) is 11.5 Å². The Bertz CT molecular complexity index is 733. The first-order chi connectivity index (χ1) is 10.8.